The second-order valence-corrected chi connectivity index (χ2v) is 5.90. The van der Waals surface area contributed by atoms with Gasteiger partial charge in [-0.15, -0.1) is 0 Å². The molecule has 1 aliphatic rings. The summed E-state index contributed by atoms with van der Waals surface area (Å²) in [6, 6.07) is 10.7. The van der Waals surface area contributed by atoms with E-state index >= 15 is 0 Å². The molecule has 1 saturated heterocycles. The molecule has 1 aromatic carbocycles. The Bertz CT molecular complexity index is 439. The Hall–Kier alpha value is -1.39. The fraction of sp³-hybridized carbons (Fsp3) is 0.611. The van der Waals surface area contributed by atoms with Crippen molar-refractivity contribution in [1.82, 2.24) is 15.5 Å². The van der Waals surface area contributed by atoms with E-state index in [0.29, 0.717) is 6.54 Å². The number of likely N-dealkylation sites (N-methyl/N-ethyl adjacent to an activating group) is 1. The predicted molar refractivity (Wildman–Crippen MR) is 90.8 cm³/mol. The molecule has 1 aromatic rings. The van der Waals surface area contributed by atoms with Crippen molar-refractivity contribution in [3.05, 3.63) is 35.9 Å². The van der Waals surface area contributed by atoms with Gasteiger partial charge in [-0.1, -0.05) is 50.6 Å². The fourth-order valence-corrected chi connectivity index (χ4v) is 3.19. The highest BCUT2D eigenvalue weighted by atomic mass is 16.2. The van der Waals surface area contributed by atoms with Gasteiger partial charge in [0.2, 0.25) is 5.91 Å². The summed E-state index contributed by atoms with van der Waals surface area (Å²) in [5.41, 5.74) is 1.27. The van der Waals surface area contributed by atoms with E-state index in [1.807, 2.05) is 6.07 Å². The SMILES string of the molecule is CCN(CC)C(CNC(=O)[C@@H]1CCCCN1)c1ccccc1. The molecule has 2 rings (SSSR count). The molecule has 0 aliphatic carbocycles. The second-order valence-electron chi connectivity index (χ2n) is 5.90. The van der Waals surface area contributed by atoms with Gasteiger partial charge in [0.25, 0.3) is 0 Å². The van der Waals surface area contributed by atoms with Gasteiger partial charge in [-0.05, 0) is 38.0 Å². The molecule has 0 radical (unpaired) electrons. The molecule has 22 heavy (non-hydrogen) atoms. The van der Waals surface area contributed by atoms with Crippen LogP contribution >= 0.6 is 0 Å². The molecule has 1 aliphatic heterocycles. The number of rotatable bonds is 7. The number of hydrogen-bond donors (Lipinski definition) is 2. The van der Waals surface area contributed by atoms with Crippen LogP contribution < -0.4 is 10.6 Å². The molecule has 1 unspecified atom stereocenters. The first-order chi connectivity index (χ1) is 10.8. The summed E-state index contributed by atoms with van der Waals surface area (Å²) in [7, 11) is 0. The smallest absolute Gasteiger partial charge is 0.237 e. The van der Waals surface area contributed by atoms with E-state index in [9.17, 15) is 4.79 Å². The average Bonchev–Trinajstić information content (AvgIpc) is 2.60. The molecule has 1 heterocycles. The van der Waals surface area contributed by atoms with Crippen molar-refractivity contribution in [1.29, 1.82) is 0 Å². The van der Waals surface area contributed by atoms with Gasteiger partial charge in [0.1, 0.15) is 0 Å². The van der Waals surface area contributed by atoms with E-state index in [1.165, 1.54) is 12.0 Å². The van der Waals surface area contributed by atoms with Crippen LogP contribution in [-0.4, -0.2) is 43.0 Å². The first-order valence-corrected chi connectivity index (χ1v) is 8.56. The van der Waals surface area contributed by atoms with E-state index in [0.717, 1.165) is 32.5 Å². The Morgan fingerprint density at radius 3 is 2.59 bits per heavy atom. The van der Waals surface area contributed by atoms with E-state index < -0.39 is 0 Å². The quantitative estimate of drug-likeness (QED) is 0.812. The lowest BCUT2D eigenvalue weighted by molar-refractivity contribution is -0.123. The zero-order chi connectivity index (χ0) is 15.8. The zero-order valence-corrected chi connectivity index (χ0v) is 13.8. The standard InChI is InChI=1S/C18H29N3O/c1-3-21(4-2)17(15-10-6-5-7-11-15)14-20-18(22)16-12-8-9-13-19-16/h5-7,10-11,16-17,19H,3-4,8-9,12-14H2,1-2H3,(H,20,22)/t16-,17?/m0/s1. The Morgan fingerprint density at radius 1 is 1.27 bits per heavy atom. The fourth-order valence-electron chi connectivity index (χ4n) is 3.19. The largest absolute Gasteiger partial charge is 0.353 e. The molecule has 2 atom stereocenters. The molecular formula is C18H29N3O. The summed E-state index contributed by atoms with van der Waals surface area (Å²) < 4.78 is 0. The normalized spacial score (nSPS) is 19.9. The van der Waals surface area contributed by atoms with E-state index in [2.05, 4.69) is 53.6 Å². The lowest BCUT2D eigenvalue weighted by atomic mass is 10.0. The maximum Gasteiger partial charge on any atom is 0.237 e. The summed E-state index contributed by atoms with van der Waals surface area (Å²) in [4.78, 5) is 14.7. The average molecular weight is 303 g/mol. The van der Waals surface area contributed by atoms with Crippen molar-refractivity contribution < 1.29 is 4.79 Å². The molecule has 2 N–H and O–H groups in total. The van der Waals surface area contributed by atoms with Gasteiger partial charge in [-0.25, -0.2) is 0 Å². The molecule has 0 saturated carbocycles. The maximum atomic E-state index is 12.3. The number of hydrogen-bond acceptors (Lipinski definition) is 3. The highest BCUT2D eigenvalue weighted by Crippen LogP contribution is 2.19. The van der Waals surface area contributed by atoms with Gasteiger partial charge in [0.05, 0.1) is 12.1 Å². The highest BCUT2D eigenvalue weighted by Gasteiger charge is 2.23. The third-order valence-electron chi connectivity index (χ3n) is 4.53. The van der Waals surface area contributed by atoms with E-state index in [1.54, 1.807) is 0 Å². The number of benzene rings is 1. The molecule has 0 aromatic heterocycles. The maximum absolute atomic E-state index is 12.3. The number of piperidine rings is 1. The van der Waals surface area contributed by atoms with Gasteiger partial charge < -0.3 is 10.6 Å². The third-order valence-corrected chi connectivity index (χ3v) is 4.53. The second kappa shape index (κ2) is 8.91. The lowest BCUT2D eigenvalue weighted by Crippen LogP contribution is -2.48. The van der Waals surface area contributed by atoms with Crippen molar-refractivity contribution in [2.75, 3.05) is 26.2 Å². The third kappa shape index (κ3) is 4.55. The van der Waals surface area contributed by atoms with Gasteiger partial charge in [0.15, 0.2) is 0 Å². The molecule has 4 heteroatoms. The zero-order valence-electron chi connectivity index (χ0n) is 13.8. The van der Waals surface area contributed by atoms with Crippen LogP contribution in [-0.2, 0) is 4.79 Å². The van der Waals surface area contributed by atoms with Crippen molar-refractivity contribution in [3.8, 4) is 0 Å². The number of carbonyl (C=O) groups excluding carboxylic acids is 1. The van der Waals surface area contributed by atoms with Crippen molar-refractivity contribution in [2.24, 2.45) is 0 Å². The summed E-state index contributed by atoms with van der Waals surface area (Å²) in [5, 5.41) is 6.47. The van der Waals surface area contributed by atoms with Crippen LogP contribution in [0.5, 0.6) is 0 Å². The van der Waals surface area contributed by atoms with Crippen LogP contribution in [0.25, 0.3) is 0 Å². The molecule has 1 amide bonds. The number of nitrogens with one attached hydrogen (secondary N) is 2. The first kappa shape index (κ1) is 17.0. The van der Waals surface area contributed by atoms with Crippen LogP contribution in [0.2, 0.25) is 0 Å². The van der Waals surface area contributed by atoms with Crippen molar-refractivity contribution >= 4 is 5.91 Å². The van der Waals surface area contributed by atoms with Gasteiger partial charge in [-0.2, -0.15) is 0 Å². The van der Waals surface area contributed by atoms with Crippen LogP contribution in [0.3, 0.4) is 0 Å². The molecular weight excluding hydrogens is 274 g/mol. The Labute approximate surface area is 134 Å². The number of carbonyl (C=O) groups is 1. The minimum Gasteiger partial charge on any atom is -0.353 e. The lowest BCUT2D eigenvalue weighted by Gasteiger charge is -2.31. The van der Waals surface area contributed by atoms with Gasteiger partial charge >= 0.3 is 0 Å². The Morgan fingerprint density at radius 2 is 2.00 bits per heavy atom. The summed E-state index contributed by atoms with van der Waals surface area (Å²) >= 11 is 0. The predicted octanol–water partition coefficient (Wildman–Crippen LogP) is 2.33. The van der Waals surface area contributed by atoms with E-state index in [-0.39, 0.29) is 18.0 Å². The summed E-state index contributed by atoms with van der Waals surface area (Å²) in [6.45, 7) is 7.92. The number of amides is 1. The minimum atomic E-state index is -0.0122. The van der Waals surface area contributed by atoms with Crippen LogP contribution in [0.15, 0.2) is 30.3 Å². The molecule has 122 valence electrons. The molecule has 0 spiro atoms. The van der Waals surface area contributed by atoms with Crippen molar-refractivity contribution in [2.45, 2.75) is 45.2 Å². The van der Waals surface area contributed by atoms with Crippen LogP contribution in [0, 0.1) is 0 Å². The van der Waals surface area contributed by atoms with Crippen LogP contribution in [0.1, 0.15) is 44.7 Å². The van der Waals surface area contributed by atoms with E-state index in [4.69, 9.17) is 0 Å². The first-order valence-electron chi connectivity index (χ1n) is 8.56. The van der Waals surface area contributed by atoms with Crippen molar-refractivity contribution in [3.63, 3.8) is 0 Å². The minimum absolute atomic E-state index is 0.0122. The molecule has 0 bridgehead atoms. The topological polar surface area (TPSA) is 44.4 Å². The summed E-state index contributed by atoms with van der Waals surface area (Å²) in [6.07, 6.45) is 3.27. The monoisotopic (exact) mass is 303 g/mol. The number of nitrogens with zero attached hydrogens (tertiary/aromatic N) is 1. The summed E-state index contributed by atoms with van der Waals surface area (Å²) in [5.74, 6) is 0.146. The van der Waals surface area contributed by atoms with Gasteiger partial charge in [0, 0.05) is 6.54 Å². The Balaban J connectivity index is 1.98. The van der Waals surface area contributed by atoms with Gasteiger partial charge in [-0.3, -0.25) is 9.69 Å². The Kier molecular flexibility index (Phi) is 6.87. The van der Waals surface area contributed by atoms with Crippen LogP contribution in [0.4, 0.5) is 0 Å². The highest BCUT2D eigenvalue weighted by molar-refractivity contribution is 5.81. The molecule has 4 nitrogen and oxygen atoms in total. The molecule has 1 fully saturated rings.